The second-order valence-electron chi connectivity index (χ2n) is 4.39. The molecule has 1 atom stereocenters. The molecule has 1 unspecified atom stereocenters. The first-order valence-electron chi connectivity index (χ1n) is 6.15. The monoisotopic (exact) mass is 294 g/mol. The van der Waals surface area contributed by atoms with Crippen LogP contribution < -0.4 is 11.1 Å². The van der Waals surface area contributed by atoms with Gasteiger partial charge in [0.25, 0.3) is 0 Å². The van der Waals surface area contributed by atoms with Crippen molar-refractivity contribution in [3.8, 4) is 5.69 Å². The largest absolute Gasteiger partial charge is 0.330 e. The number of carbonyl (C=O) groups is 1. The summed E-state index contributed by atoms with van der Waals surface area (Å²) in [5.41, 5.74) is 6.68. The molecule has 0 aliphatic carbocycles. The van der Waals surface area contributed by atoms with Crippen LogP contribution in [0.5, 0.6) is 0 Å². The molecule has 0 radical (unpaired) electrons. The molecular formula is C12H15ClN6O. The Bertz CT molecular complexity index is 586. The highest BCUT2D eigenvalue weighted by Gasteiger charge is 2.14. The van der Waals surface area contributed by atoms with E-state index >= 15 is 0 Å². The molecule has 1 heterocycles. The van der Waals surface area contributed by atoms with E-state index in [0.29, 0.717) is 29.4 Å². The lowest BCUT2D eigenvalue weighted by molar-refractivity contribution is -0.119. The van der Waals surface area contributed by atoms with E-state index in [1.807, 2.05) is 6.92 Å². The molecule has 0 aliphatic rings. The highest BCUT2D eigenvalue weighted by molar-refractivity contribution is 6.33. The standard InChI is InChI=1S/C12H15ClN6O/c1-8(4-5-14)12(20)16-11-6-9(2-3-10(11)13)19-7-15-17-18-19/h2-3,6-8H,4-5,14H2,1H3,(H,16,20). The zero-order valence-corrected chi connectivity index (χ0v) is 11.7. The van der Waals surface area contributed by atoms with Gasteiger partial charge in [-0.2, -0.15) is 0 Å². The van der Waals surface area contributed by atoms with Gasteiger partial charge in [0.1, 0.15) is 6.33 Å². The first-order valence-corrected chi connectivity index (χ1v) is 6.53. The number of hydrogen-bond acceptors (Lipinski definition) is 5. The SMILES string of the molecule is CC(CCN)C(=O)Nc1cc(-n2cnnn2)ccc1Cl. The summed E-state index contributed by atoms with van der Waals surface area (Å²) in [6, 6.07) is 5.16. The second kappa shape index (κ2) is 6.44. The van der Waals surface area contributed by atoms with Crippen LogP contribution in [0.15, 0.2) is 24.5 Å². The van der Waals surface area contributed by atoms with Crippen molar-refractivity contribution in [2.75, 3.05) is 11.9 Å². The molecule has 0 fully saturated rings. The van der Waals surface area contributed by atoms with Gasteiger partial charge in [-0.15, -0.1) is 5.10 Å². The third-order valence-electron chi connectivity index (χ3n) is 2.87. The minimum Gasteiger partial charge on any atom is -0.330 e. The predicted molar refractivity (Wildman–Crippen MR) is 75.6 cm³/mol. The fourth-order valence-corrected chi connectivity index (χ4v) is 1.83. The smallest absolute Gasteiger partial charge is 0.227 e. The van der Waals surface area contributed by atoms with Gasteiger partial charge in [-0.3, -0.25) is 4.79 Å². The zero-order valence-electron chi connectivity index (χ0n) is 11.0. The molecule has 3 N–H and O–H groups in total. The Morgan fingerprint density at radius 3 is 3.00 bits per heavy atom. The summed E-state index contributed by atoms with van der Waals surface area (Å²) >= 11 is 6.08. The van der Waals surface area contributed by atoms with Gasteiger partial charge < -0.3 is 11.1 Å². The molecule has 0 saturated carbocycles. The lowest BCUT2D eigenvalue weighted by atomic mass is 10.1. The van der Waals surface area contributed by atoms with Crippen molar-refractivity contribution in [1.29, 1.82) is 0 Å². The third kappa shape index (κ3) is 3.31. The van der Waals surface area contributed by atoms with Crippen LogP contribution in [0.25, 0.3) is 5.69 Å². The summed E-state index contributed by atoms with van der Waals surface area (Å²) in [7, 11) is 0. The van der Waals surface area contributed by atoms with Crippen LogP contribution >= 0.6 is 11.6 Å². The Hall–Kier alpha value is -1.99. The molecule has 20 heavy (non-hydrogen) atoms. The van der Waals surface area contributed by atoms with Crippen molar-refractivity contribution in [3.05, 3.63) is 29.5 Å². The fourth-order valence-electron chi connectivity index (χ4n) is 1.67. The van der Waals surface area contributed by atoms with E-state index in [2.05, 4.69) is 20.8 Å². The van der Waals surface area contributed by atoms with Crippen LogP contribution in [0.4, 0.5) is 5.69 Å². The highest BCUT2D eigenvalue weighted by Crippen LogP contribution is 2.25. The van der Waals surface area contributed by atoms with Gasteiger partial charge in [0.2, 0.25) is 5.91 Å². The highest BCUT2D eigenvalue weighted by atomic mass is 35.5. The number of nitrogens with two attached hydrogens (primary N) is 1. The van der Waals surface area contributed by atoms with E-state index in [4.69, 9.17) is 17.3 Å². The third-order valence-corrected chi connectivity index (χ3v) is 3.20. The van der Waals surface area contributed by atoms with Crippen molar-refractivity contribution in [3.63, 3.8) is 0 Å². The normalized spacial score (nSPS) is 12.2. The van der Waals surface area contributed by atoms with Gasteiger partial charge in [0, 0.05) is 5.92 Å². The lowest BCUT2D eigenvalue weighted by Gasteiger charge is -2.13. The first kappa shape index (κ1) is 14.4. The number of anilines is 1. The first-order chi connectivity index (χ1) is 9.61. The maximum absolute atomic E-state index is 12.0. The number of hydrogen-bond donors (Lipinski definition) is 2. The quantitative estimate of drug-likeness (QED) is 0.864. The number of tetrazole rings is 1. The van der Waals surface area contributed by atoms with E-state index in [0.717, 1.165) is 0 Å². The molecule has 0 saturated heterocycles. The maximum Gasteiger partial charge on any atom is 0.227 e. The van der Waals surface area contributed by atoms with Crippen LogP contribution in [-0.4, -0.2) is 32.7 Å². The zero-order chi connectivity index (χ0) is 14.5. The average Bonchev–Trinajstić information content (AvgIpc) is 2.95. The van der Waals surface area contributed by atoms with E-state index in [9.17, 15) is 4.79 Å². The number of amides is 1. The molecule has 1 aromatic heterocycles. The van der Waals surface area contributed by atoms with Gasteiger partial charge in [0.15, 0.2) is 0 Å². The van der Waals surface area contributed by atoms with E-state index < -0.39 is 0 Å². The summed E-state index contributed by atoms with van der Waals surface area (Å²) in [5.74, 6) is -0.293. The van der Waals surface area contributed by atoms with Crippen molar-refractivity contribution in [2.45, 2.75) is 13.3 Å². The molecule has 0 bridgehead atoms. The van der Waals surface area contributed by atoms with Crippen molar-refractivity contribution < 1.29 is 4.79 Å². The summed E-state index contributed by atoms with van der Waals surface area (Å²) < 4.78 is 1.48. The van der Waals surface area contributed by atoms with Crippen LogP contribution in [0.3, 0.4) is 0 Å². The van der Waals surface area contributed by atoms with Gasteiger partial charge >= 0.3 is 0 Å². The number of nitrogens with zero attached hydrogens (tertiary/aromatic N) is 4. The van der Waals surface area contributed by atoms with E-state index in [1.54, 1.807) is 18.2 Å². The molecule has 2 aromatic rings. The number of benzene rings is 1. The Balaban J connectivity index is 2.19. The summed E-state index contributed by atoms with van der Waals surface area (Å²) in [6.07, 6.45) is 2.09. The molecule has 106 valence electrons. The Labute approximate surface area is 121 Å². The molecule has 0 aliphatic heterocycles. The molecule has 2 rings (SSSR count). The number of rotatable bonds is 5. The molecule has 8 heteroatoms. The molecule has 0 spiro atoms. The molecule has 1 amide bonds. The minimum atomic E-state index is -0.173. The van der Waals surface area contributed by atoms with Crippen LogP contribution in [0.1, 0.15) is 13.3 Å². The lowest BCUT2D eigenvalue weighted by Crippen LogP contribution is -2.23. The summed E-state index contributed by atoms with van der Waals surface area (Å²) in [5, 5.41) is 14.2. The summed E-state index contributed by atoms with van der Waals surface area (Å²) in [6.45, 7) is 2.29. The summed E-state index contributed by atoms with van der Waals surface area (Å²) in [4.78, 5) is 12.0. The van der Waals surface area contributed by atoms with Crippen LogP contribution in [0.2, 0.25) is 5.02 Å². The fraction of sp³-hybridized carbons (Fsp3) is 0.333. The Morgan fingerprint density at radius 1 is 1.55 bits per heavy atom. The predicted octanol–water partition coefficient (Wildman–Crippen LogP) is 1.24. The molecular weight excluding hydrogens is 280 g/mol. The van der Waals surface area contributed by atoms with Gasteiger partial charge in [-0.25, -0.2) is 4.68 Å². The maximum atomic E-state index is 12.0. The number of halogens is 1. The van der Waals surface area contributed by atoms with Gasteiger partial charge in [-0.1, -0.05) is 18.5 Å². The number of aromatic nitrogens is 4. The molecule has 7 nitrogen and oxygen atoms in total. The Kier molecular flexibility index (Phi) is 4.65. The second-order valence-corrected chi connectivity index (χ2v) is 4.79. The van der Waals surface area contributed by atoms with Gasteiger partial charge in [0.05, 0.1) is 16.4 Å². The van der Waals surface area contributed by atoms with Crippen LogP contribution in [0, 0.1) is 5.92 Å². The van der Waals surface area contributed by atoms with Crippen molar-refractivity contribution in [1.82, 2.24) is 20.2 Å². The molecule has 1 aromatic carbocycles. The van der Waals surface area contributed by atoms with Crippen molar-refractivity contribution in [2.24, 2.45) is 11.7 Å². The number of carbonyl (C=O) groups excluding carboxylic acids is 1. The van der Waals surface area contributed by atoms with Crippen LogP contribution in [-0.2, 0) is 4.79 Å². The number of nitrogens with one attached hydrogen (secondary N) is 1. The van der Waals surface area contributed by atoms with E-state index in [1.165, 1.54) is 11.0 Å². The van der Waals surface area contributed by atoms with Gasteiger partial charge in [-0.05, 0) is 41.6 Å². The average molecular weight is 295 g/mol. The minimum absolute atomic E-state index is 0.119. The van der Waals surface area contributed by atoms with Crippen molar-refractivity contribution >= 4 is 23.2 Å². The van der Waals surface area contributed by atoms with E-state index in [-0.39, 0.29) is 11.8 Å². The Morgan fingerprint density at radius 2 is 2.35 bits per heavy atom. The topological polar surface area (TPSA) is 98.7 Å².